The van der Waals surface area contributed by atoms with Crippen LogP contribution in [-0.4, -0.2) is 24.2 Å². The van der Waals surface area contributed by atoms with Crippen LogP contribution in [0.3, 0.4) is 0 Å². The number of ether oxygens (including phenoxy) is 2. The van der Waals surface area contributed by atoms with Crippen molar-refractivity contribution in [3.63, 3.8) is 0 Å². The first kappa shape index (κ1) is 21.5. The van der Waals surface area contributed by atoms with Crippen molar-refractivity contribution < 1.29 is 19.0 Å². The Bertz CT molecular complexity index is 1300. The zero-order chi connectivity index (χ0) is 22.7. The van der Waals surface area contributed by atoms with Gasteiger partial charge >= 0.3 is 0 Å². The van der Waals surface area contributed by atoms with Gasteiger partial charge < -0.3 is 19.0 Å². The normalized spacial score (nSPS) is 11.1. The molecule has 0 unspecified atom stereocenters. The van der Waals surface area contributed by atoms with E-state index in [0.29, 0.717) is 46.9 Å². The van der Waals surface area contributed by atoms with Gasteiger partial charge in [0.1, 0.15) is 28.6 Å². The number of fused-ring (bicyclic) bond motifs is 1. The standard InChI is InChI=1S/C26H25NO5/c1-17-25(32-20-11-7-10-19(14-20)30-3)24(29)21-12-13-23(28)22(26(21)31-17)16-27(2)15-18-8-5-4-6-9-18/h4-14,28H,15-16H2,1-3H3. The van der Waals surface area contributed by atoms with Crippen molar-refractivity contribution in [3.05, 3.63) is 93.8 Å². The fraction of sp³-hybridized carbons (Fsp3) is 0.192. The smallest absolute Gasteiger partial charge is 0.235 e. The van der Waals surface area contributed by atoms with E-state index in [-0.39, 0.29) is 16.9 Å². The maximum Gasteiger partial charge on any atom is 0.235 e. The van der Waals surface area contributed by atoms with Crippen molar-refractivity contribution in [1.82, 2.24) is 4.90 Å². The van der Waals surface area contributed by atoms with Crippen molar-refractivity contribution in [1.29, 1.82) is 0 Å². The molecule has 0 amide bonds. The van der Waals surface area contributed by atoms with Gasteiger partial charge in [-0.3, -0.25) is 9.69 Å². The number of methoxy groups -OCH3 is 1. The summed E-state index contributed by atoms with van der Waals surface area (Å²) in [5, 5.41) is 10.9. The Kier molecular flexibility index (Phi) is 6.14. The summed E-state index contributed by atoms with van der Waals surface area (Å²) < 4.78 is 17.1. The van der Waals surface area contributed by atoms with Gasteiger partial charge in [-0.1, -0.05) is 36.4 Å². The second kappa shape index (κ2) is 9.16. The molecule has 164 valence electrons. The first-order chi connectivity index (χ1) is 15.5. The molecule has 0 aliphatic heterocycles. The molecule has 0 bridgehead atoms. The quantitative estimate of drug-likeness (QED) is 0.431. The maximum atomic E-state index is 13.2. The Hall–Kier alpha value is -3.77. The molecule has 6 nitrogen and oxygen atoms in total. The van der Waals surface area contributed by atoms with Gasteiger partial charge in [0.15, 0.2) is 0 Å². The lowest BCUT2D eigenvalue weighted by atomic mass is 10.1. The lowest BCUT2D eigenvalue weighted by Crippen LogP contribution is -2.18. The average molecular weight is 431 g/mol. The third-order valence-corrected chi connectivity index (χ3v) is 5.25. The number of rotatable bonds is 7. The lowest BCUT2D eigenvalue weighted by molar-refractivity contribution is 0.311. The number of benzene rings is 3. The Morgan fingerprint density at radius 3 is 2.47 bits per heavy atom. The summed E-state index contributed by atoms with van der Waals surface area (Å²) in [7, 11) is 3.52. The van der Waals surface area contributed by atoms with E-state index in [4.69, 9.17) is 13.9 Å². The minimum absolute atomic E-state index is 0.0847. The number of hydrogen-bond donors (Lipinski definition) is 1. The number of aromatic hydroxyl groups is 1. The molecule has 0 aliphatic carbocycles. The van der Waals surface area contributed by atoms with Gasteiger partial charge in [0.05, 0.1) is 18.1 Å². The molecule has 1 aromatic heterocycles. The summed E-state index contributed by atoms with van der Waals surface area (Å²) in [4.78, 5) is 15.3. The SMILES string of the molecule is COc1cccc(Oc2c(C)oc3c(CN(C)Cc4ccccc4)c(O)ccc3c2=O)c1. The van der Waals surface area contributed by atoms with Crippen molar-refractivity contribution in [2.45, 2.75) is 20.0 Å². The highest BCUT2D eigenvalue weighted by Gasteiger charge is 2.19. The second-order valence-electron chi connectivity index (χ2n) is 7.70. The van der Waals surface area contributed by atoms with Crippen LogP contribution in [-0.2, 0) is 13.1 Å². The first-order valence-corrected chi connectivity index (χ1v) is 10.3. The maximum absolute atomic E-state index is 13.2. The molecular formula is C26H25NO5. The number of aryl methyl sites for hydroxylation is 1. The van der Waals surface area contributed by atoms with E-state index >= 15 is 0 Å². The molecule has 32 heavy (non-hydrogen) atoms. The van der Waals surface area contributed by atoms with E-state index in [1.165, 1.54) is 6.07 Å². The third kappa shape index (κ3) is 4.45. The summed E-state index contributed by atoms with van der Waals surface area (Å²) in [6.07, 6.45) is 0. The van der Waals surface area contributed by atoms with Crippen LogP contribution >= 0.6 is 0 Å². The Morgan fingerprint density at radius 2 is 1.72 bits per heavy atom. The van der Waals surface area contributed by atoms with E-state index in [2.05, 4.69) is 4.90 Å². The molecule has 0 saturated heterocycles. The zero-order valence-corrected chi connectivity index (χ0v) is 18.3. The fourth-order valence-corrected chi connectivity index (χ4v) is 3.67. The van der Waals surface area contributed by atoms with Crippen LogP contribution in [0.15, 0.2) is 75.9 Å². The first-order valence-electron chi connectivity index (χ1n) is 10.3. The molecule has 6 heteroatoms. The van der Waals surface area contributed by atoms with Gasteiger partial charge in [0, 0.05) is 19.2 Å². The van der Waals surface area contributed by atoms with E-state index in [0.717, 1.165) is 5.56 Å². The molecule has 1 heterocycles. The molecule has 1 N–H and O–H groups in total. The van der Waals surface area contributed by atoms with Crippen LogP contribution in [0.1, 0.15) is 16.9 Å². The summed E-state index contributed by atoms with van der Waals surface area (Å²) in [5.41, 5.74) is 1.79. The number of phenolic OH excluding ortho intramolecular Hbond substituents is 1. The Morgan fingerprint density at radius 1 is 0.969 bits per heavy atom. The van der Waals surface area contributed by atoms with E-state index in [1.807, 2.05) is 37.4 Å². The van der Waals surface area contributed by atoms with Gasteiger partial charge in [-0.2, -0.15) is 0 Å². The third-order valence-electron chi connectivity index (χ3n) is 5.25. The van der Waals surface area contributed by atoms with Crippen LogP contribution in [0.5, 0.6) is 23.0 Å². The highest BCUT2D eigenvalue weighted by atomic mass is 16.5. The molecule has 0 atom stereocenters. The molecule has 4 aromatic rings. The fourth-order valence-electron chi connectivity index (χ4n) is 3.67. The van der Waals surface area contributed by atoms with Gasteiger partial charge in [-0.15, -0.1) is 0 Å². The molecule has 0 saturated carbocycles. The zero-order valence-electron chi connectivity index (χ0n) is 18.3. The second-order valence-corrected chi connectivity index (χ2v) is 7.70. The van der Waals surface area contributed by atoms with Crippen molar-refractivity contribution in [2.24, 2.45) is 0 Å². The summed E-state index contributed by atoms with van der Waals surface area (Å²) >= 11 is 0. The number of nitrogens with zero attached hydrogens (tertiary/aromatic N) is 1. The molecular weight excluding hydrogens is 406 g/mol. The Labute approximate surface area is 186 Å². The van der Waals surface area contributed by atoms with Crippen LogP contribution in [0.2, 0.25) is 0 Å². The van der Waals surface area contributed by atoms with Gasteiger partial charge in [0.25, 0.3) is 0 Å². The molecule has 4 rings (SSSR count). The Balaban J connectivity index is 1.69. The summed E-state index contributed by atoms with van der Waals surface area (Å²) in [6.45, 7) is 2.78. The predicted octanol–water partition coefficient (Wildman–Crippen LogP) is 5.24. The van der Waals surface area contributed by atoms with Crippen LogP contribution in [0.4, 0.5) is 0 Å². The van der Waals surface area contributed by atoms with Crippen LogP contribution in [0, 0.1) is 6.92 Å². The van der Waals surface area contributed by atoms with E-state index < -0.39 is 0 Å². The molecule has 3 aromatic carbocycles. The van der Waals surface area contributed by atoms with Crippen LogP contribution < -0.4 is 14.9 Å². The van der Waals surface area contributed by atoms with Crippen LogP contribution in [0.25, 0.3) is 11.0 Å². The van der Waals surface area contributed by atoms with Gasteiger partial charge in [-0.05, 0) is 43.8 Å². The monoisotopic (exact) mass is 431 g/mol. The molecule has 0 aliphatic rings. The average Bonchev–Trinajstić information content (AvgIpc) is 2.79. The predicted molar refractivity (Wildman–Crippen MR) is 124 cm³/mol. The van der Waals surface area contributed by atoms with E-state index in [1.54, 1.807) is 44.4 Å². The lowest BCUT2D eigenvalue weighted by Gasteiger charge is -2.19. The minimum atomic E-state index is -0.293. The highest BCUT2D eigenvalue weighted by molar-refractivity contribution is 5.83. The van der Waals surface area contributed by atoms with Gasteiger partial charge in [-0.25, -0.2) is 0 Å². The molecule has 0 spiro atoms. The number of hydrogen-bond acceptors (Lipinski definition) is 6. The molecule has 0 fully saturated rings. The number of phenols is 1. The summed E-state index contributed by atoms with van der Waals surface area (Å²) in [5.74, 6) is 1.63. The van der Waals surface area contributed by atoms with E-state index in [9.17, 15) is 9.90 Å². The van der Waals surface area contributed by atoms with Gasteiger partial charge in [0.2, 0.25) is 11.2 Å². The van der Waals surface area contributed by atoms with Crippen molar-refractivity contribution in [2.75, 3.05) is 14.2 Å². The van der Waals surface area contributed by atoms with Crippen molar-refractivity contribution in [3.8, 4) is 23.0 Å². The highest BCUT2D eigenvalue weighted by Crippen LogP contribution is 2.32. The topological polar surface area (TPSA) is 72.1 Å². The summed E-state index contributed by atoms with van der Waals surface area (Å²) in [6, 6.07) is 20.2. The molecule has 0 radical (unpaired) electrons. The minimum Gasteiger partial charge on any atom is -0.507 e. The van der Waals surface area contributed by atoms with Crippen molar-refractivity contribution >= 4 is 11.0 Å². The largest absolute Gasteiger partial charge is 0.507 e.